The Morgan fingerprint density at radius 2 is 1.73 bits per heavy atom. The molecule has 9 nitrogen and oxygen atoms in total. The summed E-state index contributed by atoms with van der Waals surface area (Å²) < 4.78 is 17.5. The van der Waals surface area contributed by atoms with Crippen LogP contribution in [0.1, 0.15) is 5.56 Å². The molecule has 1 aromatic heterocycles. The zero-order valence-electron chi connectivity index (χ0n) is 20.2. The number of amides is 1. The van der Waals surface area contributed by atoms with Crippen LogP contribution in [0.15, 0.2) is 75.7 Å². The second-order valence-corrected chi connectivity index (χ2v) is 8.93. The standard InChI is InChI=1S/C26H23ClN4O5S/c1-34-18-12-22(35-2)20(23(13-18)36-3)14-28-30-24(32)15-37-26-29-21-7-5-4-6-19(21)25(33)31(26)17-10-8-16(27)9-11-17/h4-14H,15H2,1-3H3,(H,30,32). The number of nitrogens with zero attached hydrogens (tertiary/aromatic N) is 3. The number of halogens is 1. The van der Waals surface area contributed by atoms with Gasteiger partial charge in [-0.05, 0) is 36.4 Å². The number of carbonyl (C=O) groups is 1. The third-order valence-corrected chi connectivity index (χ3v) is 6.49. The summed E-state index contributed by atoms with van der Waals surface area (Å²) >= 11 is 7.14. The summed E-state index contributed by atoms with van der Waals surface area (Å²) in [4.78, 5) is 30.5. The first-order chi connectivity index (χ1) is 17.9. The lowest BCUT2D eigenvalue weighted by molar-refractivity contribution is -0.118. The van der Waals surface area contributed by atoms with E-state index in [-0.39, 0.29) is 11.3 Å². The summed E-state index contributed by atoms with van der Waals surface area (Å²) in [6, 6.07) is 17.3. The normalized spacial score (nSPS) is 11.0. The number of ether oxygens (including phenoxy) is 3. The van der Waals surface area contributed by atoms with Crippen LogP contribution < -0.4 is 25.2 Å². The third-order valence-electron chi connectivity index (χ3n) is 5.30. The maximum Gasteiger partial charge on any atom is 0.266 e. The van der Waals surface area contributed by atoms with Crippen LogP contribution in [0.3, 0.4) is 0 Å². The summed E-state index contributed by atoms with van der Waals surface area (Å²) in [5.41, 5.74) is 3.91. The Morgan fingerprint density at radius 1 is 1.05 bits per heavy atom. The molecule has 0 saturated heterocycles. The fourth-order valence-corrected chi connectivity index (χ4v) is 4.45. The Labute approximate surface area is 222 Å². The fraction of sp³-hybridized carbons (Fsp3) is 0.154. The molecule has 0 bridgehead atoms. The minimum atomic E-state index is -0.391. The van der Waals surface area contributed by atoms with Crippen molar-refractivity contribution in [2.75, 3.05) is 27.1 Å². The molecule has 4 rings (SSSR count). The highest BCUT2D eigenvalue weighted by atomic mass is 35.5. The van der Waals surface area contributed by atoms with E-state index in [1.165, 1.54) is 32.1 Å². The maximum atomic E-state index is 13.3. The van der Waals surface area contributed by atoms with Crippen LogP contribution >= 0.6 is 23.4 Å². The van der Waals surface area contributed by atoms with Crippen LogP contribution in [0.2, 0.25) is 5.02 Å². The molecule has 11 heteroatoms. The highest BCUT2D eigenvalue weighted by molar-refractivity contribution is 7.99. The van der Waals surface area contributed by atoms with Crippen molar-refractivity contribution in [2.45, 2.75) is 5.16 Å². The number of benzene rings is 3. The average Bonchev–Trinajstić information content (AvgIpc) is 2.92. The summed E-state index contributed by atoms with van der Waals surface area (Å²) in [6.45, 7) is 0. The molecule has 0 aliphatic carbocycles. The smallest absolute Gasteiger partial charge is 0.266 e. The number of hydrogen-bond acceptors (Lipinski definition) is 8. The topological polar surface area (TPSA) is 104 Å². The predicted octanol–water partition coefficient (Wildman–Crippen LogP) is 4.31. The van der Waals surface area contributed by atoms with E-state index < -0.39 is 5.91 Å². The van der Waals surface area contributed by atoms with Gasteiger partial charge in [0.15, 0.2) is 5.16 Å². The van der Waals surface area contributed by atoms with Gasteiger partial charge in [-0.1, -0.05) is 35.5 Å². The van der Waals surface area contributed by atoms with Gasteiger partial charge < -0.3 is 14.2 Å². The van der Waals surface area contributed by atoms with Gasteiger partial charge in [0.25, 0.3) is 11.5 Å². The number of hydrazone groups is 1. The molecule has 4 aromatic rings. The summed E-state index contributed by atoms with van der Waals surface area (Å²) in [6.07, 6.45) is 1.43. The average molecular weight is 539 g/mol. The van der Waals surface area contributed by atoms with E-state index in [0.29, 0.717) is 49.6 Å². The monoisotopic (exact) mass is 538 g/mol. The zero-order valence-corrected chi connectivity index (χ0v) is 21.8. The molecular formula is C26H23ClN4O5S. The van der Waals surface area contributed by atoms with Crippen LogP contribution in [-0.2, 0) is 4.79 Å². The molecule has 0 aliphatic heterocycles. The Hall–Kier alpha value is -4.02. The van der Waals surface area contributed by atoms with Crippen molar-refractivity contribution in [1.29, 1.82) is 0 Å². The minimum absolute atomic E-state index is 0.0351. The predicted molar refractivity (Wildman–Crippen MR) is 145 cm³/mol. The van der Waals surface area contributed by atoms with Gasteiger partial charge >= 0.3 is 0 Å². The van der Waals surface area contributed by atoms with Gasteiger partial charge in [-0.25, -0.2) is 10.4 Å². The number of hydrogen-bond donors (Lipinski definition) is 1. The van der Waals surface area contributed by atoms with Crippen LogP contribution in [-0.4, -0.2) is 48.8 Å². The molecule has 0 saturated carbocycles. The number of methoxy groups -OCH3 is 3. The second kappa shape index (κ2) is 11.8. The first kappa shape index (κ1) is 26.1. The van der Waals surface area contributed by atoms with Crippen LogP contribution in [0.4, 0.5) is 0 Å². The van der Waals surface area contributed by atoms with Crippen LogP contribution in [0.25, 0.3) is 16.6 Å². The maximum absolute atomic E-state index is 13.3. The molecule has 37 heavy (non-hydrogen) atoms. The van der Waals surface area contributed by atoms with Gasteiger partial charge in [0, 0.05) is 17.2 Å². The van der Waals surface area contributed by atoms with E-state index in [1.54, 1.807) is 60.7 Å². The molecule has 1 heterocycles. The molecule has 0 fully saturated rings. The SMILES string of the molecule is COc1cc(OC)c(C=NNC(=O)CSc2nc3ccccc3c(=O)n2-c2ccc(Cl)cc2)c(OC)c1. The zero-order chi connectivity index (χ0) is 26.4. The van der Waals surface area contributed by atoms with Crippen molar-refractivity contribution < 1.29 is 19.0 Å². The fourth-order valence-electron chi connectivity index (χ4n) is 3.52. The van der Waals surface area contributed by atoms with Crippen molar-refractivity contribution in [3.8, 4) is 22.9 Å². The second-order valence-electron chi connectivity index (χ2n) is 7.56. The minimum Gasteiger partial charge on any atom is -0.496 e. The van der Waals surface area contributed by atoms with Crippen molar-refractivity contribution in [1.82, 2.24) is 15.0 Å². The lowest BCUT2D eigenvalue weighted by atomic mass is 10.2. The number of aromatic nitrogens is 2. The molecule has 0 atom stereocenters. The molecule has 0 radical (unpaired) electrons. The van der Waals surface area contributed by atoms with E-state index in [4.69, 9.17) is 25.8 Å². The third kappa shape index (κ3) is 5.87. The van der Waals surface area contributed by atoms with E-state index >= 15 is 0 Å². The molecule has 0 unspecified atom stereocenters. The van der Waals surface area contributed by atoms with Gasteiger partial charge in [-0.3, -0.25) is 14.2 Å². The molecule has 1 N–H and O–H groups in total. The highest BCUT2D eigenvalue weighted by Crippen LogP contribution is 2.32. The number of carbonyl (C=O) groups excluding carboxylic acids is 1. The summed E-state index contributed by atoms with van der Waals surface area (Å²) in [7, 11) is 4.56. The number of para-hydroxylation sites is 1. The van der Waals surface area contributed by atoms with Crippen LogP contribution in [0.5, 0.6) is 17.2 Å². The van der Waals surface area contributed by atoms with Crippen molar-refractivity contribution in [3.05, 3.63) is 81.6 Å². The Bertz CT molecular complexity index is 1500. The van der Waals surface area contributed by atoms with Gasteiger partial charge in [-0.15, -0.1) is 0 Å². The summed E-state index contributed by atoms with van der Waals surface area (Å²) in [5.74, 6) is 1.07. The molecule has 0 spiro atoms. The molecule has 1 amide bonds. The largest absolute Gasteiger partial charge is 0.496 e. The van der Waals surface area contributed by atoms with Crippen molar-refractivity contribution >= 4 is 46.4 Å². The van der Waals surface area contributed by atoms with E-state index in [9.17, 15) is 9.59 Å². The van der Waals surface area contributed by atoms with E-state index in [2.05, 4.69) is 15.5 Å². The number of rotatable bonds is 9. The molecule has 190 valence electrons. The quantitative estimate of drug-likeness (QED) is 0.146. The summed E-state index contributed by atoms with van der Waals surface area (Å²) in [5, 5.41) is 5.42. The van der Waals surface area contributed by atoms with Crippen molar-refractivity contribution in [2.24, 2.45) is 5.10 Å². The lowest BCUT2D eigenvalue weighted by Crippen LogP contribution is -2.24. The molecule has 3 aromatic carbocycles. The molecular weight excluding hydrogens is 516 g/mol. The van der Waals surface area contributed by atoms with E-state index in [1.807, 2.05) is 0 Å². The highest BCUT2D eigenvalue weighted by Gasteiger charge is 2.15. The van der Waals surface area contributed by atoms with Gasteiger partial charge in [0.05, 0.1) is 55.5 Å². The number of thioether (sulfide) groups is 1. The first-order valence-corrected chi connectivity index (χ1v) is 12.3. The number of fused-ring (bicyclic) bond motifs is 1. The van der Waals surface area contributed by atoms with E-state index in [0.717, 1.165) is 11.8 Å². The lowest BCUT2D eigenvalue weighted by Gasteiger charge is -2.13. The van der Waals surface area contributed by atoms with Gasteiger partial charge in [0.2, 0.25) is 0 Å². The van der Waals surface area contributed by atoms with Gasteiger partial charge in [0.1, 0.15) is 17.2 Å². The Balaban J connectivity index is 1.55. The Kier molecular flexibility index (Phi) is 8.32. The van der Waals surface area contributed by atoms with Crippen LogP contribution in [0, 0.1) is 0 Å². The molecule has 0 aliphatic rings. The van der Waals surface area contributed by atoms with Crippen molar-refractivity contribution in [3.63, 3.8) is 0 Å². The van der Waals surface area contributed by atoms with Gasteiger partial charge in [-0.2, -0.15) is 5.10 Å². The number of nitrogens with one attached hydrogen (secondary N) is 1. The first-order valence-electron chi connectivity index (χ1n) is 11.0. The Morgan fingerprint density at radius 3 is 2.38 bits per heavy atom.